The zero-order chi connectivity index (χ0) is 22.9. The van der Waals surface area contributed by atoms with Gasteiger partial charge in [-0.2, -0.15) is 0 Å². The van der Waals surface area contributed by atoms with Crippen LogP contribution in [0.15, 0.2) is 42.6 Å². The summed E-state index contributed by atoms with van der Waals surface area (Å²) in [5, 5.41) is 9.90. The summed E-state index contributed by atoms with van der Waals surface area (Å²) >= 11 is 0. The number of nitrogens with zero attached hydrogens (tertiary/aromatic N) is 5. The van der Waals surface area contributed by atoms with Gasteiger partial charge < -0.3 is 15.2 Å². The van der Waals surface area contributed by atoms with Crippen molar-refractivity contribution in [3.05, 3.63) is 53.7 Å². The average Bonchev–Trinajstić information content (AvgIpc) is 3.46. The first kappa shape index (κ1) is 21.8. The van der Waals surface area contributed by atoms with Gasteiger partial charge in [-0.1, -0.05) is 12.1 Å². The maximum Gasteiger partial charge on any atom is 0.187 e. The number of hydrogen-bond acceptors (Lipinski definition) is 7. The highest BCUT2D eigenvalue weighted by Crippen LogP contribution is 2.29. The predicted octanol–water partition coefficient (Wildman–Crippen LogP) is 3.37. The lowest BCUT2D eigenvalue weighted by Crippen LogP contribution is -2.28. The maximum atomic E-state index is 6.13. The van der Waals surface area contributed by atoms with Crippen molar-refractivity contribution < 1.29 is 9.47 Å². The molecule has 0 spiro atoms. The number of hydrogen-bond donors (Lipinski definition) is 1. The van der Waals surface area contributed by atoms with Crippen molar-refractivity contribution in [3.8, 4) is 17.3 Å². The Bertz CT molecular complexity index is 1290. The molecule has 1 aromatic carbocycles. The summed E-state index contributed by atoms with van der Waals surface area (Å²) in [6.07, 6.45) is 3.17. The van der Waals surface area contributed by atoms with Crippen LogP contribution in [0.1, 0.15) is 30.5 Å². The van der Waals surface area contributed by atoms with E-state index in [2.05, 4.69) is 40.4 Å². The molecular weight excluding hydrogens is 416 g/mol. The van der Waals surface area contributed by atoms with Gasteiger partial charge in [0.2, 0.25) is 0 Å². The molecule has 8 nitrogen and oxygen atoms in total. The van der Waals surface area contributed by atoms with E-state index in [0.29, 0.717) is 13.2 Å². The van der Waals surface area contributed by atoms with Crippen LogP contribution in [0.4, 0.5) is 0 Å². The molecule has 1 fully saturated rings. The molecule has 0 unspecified atom stereocenters. The maximum absolute atomic E-state index is 6.13. The Hall–Kier alpha value is -3.07. The molecule has 0 saturated carbocycles. The summed E-state index contributed by atoms with van der Waals surface area (Å²) in [7, 11) is 1.67. The minimum Gasteiger partial charge on any atom is -0.491 e. The van der Waals surface area contributed by atoms with Gasteiger partial charge >= 0.3 is 0 Å². The Morgan fingerprint density at radius 2 is 1.97 bits per heavy atom. The molecule has 5 rings (SSSR count). The van der Waals surface area contributed by atoms with Gasteiger partial charge in [0.15, 0.2) is 11.5 Å². The van der Waals surface area contributed by atoms with E-state index in [-0.39, 0.29) is 12.1 Å². The molecule has 1 saturated heterocycles. The molecule has 0 amide bonds. The minimum atomic E-state index is 0.259. The van der Waals surface area contributed by atoms with E-state index in [0.717, 1.165) is 58.9 Å². The highest BCUT2D eigenvalue weighted by atomic mass is 16.5. The van der Waals surface area contributed by atoms with E-state index in [1.165, 1.54) is 5.56 Å². The van der Waals surface area contributed by atoms with Crippen LogP contribution in [0.3, 0.4) is 0 Å². The molecule has 4 heterocycles. The number of pyridine rings is 2. The van der Waals surface area contributed by atoms with Gasteiger partial charge in [-0.15, -0.1) is 10.2 Å². The third kappa shape index (κ3) is 4.17. The molecule has 8 heteroatoms. The molecular formula is C25H30N6O2. The number of rotatable bonds is 7. The summed E-state index contributed by atoms with van der Waals surface area (Å²) in [5.41, 5.74) is 10.8. The van der Waals surface area contributed by atoms with E-state index in [1.807, 2.05) is 35.6 Å². The van der Waals surface area contributed by atoms with Gasteiger partial charge in [0.1, 0.15) is 18.1 Å². The third-order valence-electron chi connectivity index (χ3n) is 6.55. The fraction of sp³-hybridized carbons (Fsp3) is 0.400. The van der Waals surface area contributed by atoms with Crippen molar-refractivity contribution in [3.63, 3.8) is 0 Å². The molecule has 2 N–H and O–H groups in total. The van der Waals surface area contributed by atoms with Crippen LogP contribution >= 0.6 is 0 Å². The van der Waals surface area contributed by atoms with Gasteiger partial charge in [-0.3, -0.25) is 9.30 Å². The first-order valence-corrected chi connectivity index (χ1v) is 11.4. The second kappa shape index (κ2) is 9.05. The van der Waals surface area contributed by atoms with Crippen LogP contribution in [0.2, 0.25) is 0 Å². The number of likely N-dealkylation sites (tertiary alicyclic amines) is 1. The smallest absolute Gasteiger partial charge is 0.187 e. The molecule has 0 aliphatic carbocycles. The summed E-state index contributed by atoms with van der Waals surface area (Å²) in [6.45, 7) is 7.25. The first-order chi connectivity index (χ1) is 16.0. The van der Waals surface area contributed by atoms with Crippen molar-refractivity contribution >= 4 is 16.6 Å². The average molecular weight is 447 g/mol. The molecule has 4 aromatic rings. The first-order valence-electron chi connectivity index (χ1n) is 11.4. The summed E-state index contributed by atoms with van der Waals surface area (Å²) in [6, 6.07) is 12.8. The normalized spacial score (nSPS) is 17.8. The summed E-state index contributed by atoms with van der Waals surface area (Å²) in [4.78, 5) is 7.39. The summed E-state index contributed by atoms with van der Waals surface area (Å²) in [5.74, 6) is 1.54. The fourth-order valence-electron chi connectivity index (χ4n) is 4.53. The molecule has 172 valence electrons. The minimum absolute atomic E-state index is 0.259. The quantitative estimate of drug-likeness (QED) is 0.435. The van der Waals surface area contributed by atoms with Gasteiger partial charge in [0.05, 0.1) is 12.1 Å². The number of methoxy groups -OCH3 is 1. The Balaban J connectivity index is 1.51. The lowest BCUT2D eigenvalue weighted by atomic mass is 10.1. The van der Waals surface area contributed by atoms with Crippen LogP contribution in [0.25, 0.3) is 28.1 Å². The van der Waals surface area contributed by atoms with E-state index < -0.39 is 0 Å². The van der Waals surface area contributed by atoms with Crippen molar-refractivity contribution in [1.82, 2.24) is 24.5 Å². The van der Waals surface area contributed by atoms with Crippen LogP contribution in [0, 0.1) is 6.92 Å². The number of nitrogens with two attached hydrogens (primary N) is 1. The van der Waals surface area contributed by atoms with Crippen molar-refractivity contribution in [1.29, 1.82) is 0 Å². The van der Waals surface area contributed by atoms with E-state index in [9.17, 15) is 0 Å². The lowest BCUT2D eigenvalue weighted by Gasteiger charge is -2.24. The van der Waals surface area contributed by atoms with Crippen LogP contribution in [0.5, 0.6) is 5.75 Å². The molecule has 1 aliphatic rings. The number of aryl methyl sites for hydroxylation is 1. The zero-order valence-electron chi connectivity index (χ0n) is 19.4. The molecule has 0 radical (unpaired) electrons. The second-order valence-electron chi connectivity index (χ2n) is 8.73. The molecule has 2 atom stereocenters. The van der Waals surface area contributed by atoms with Gasteiger partial charge in [0.25, 0.3) is 0 Å². The number of benzene rings is 1. The molecule has 0 bridgehead atoms. The highest BCUT2D eigenvalue weighted by Gasteiger charge is 2.25. The van der Waals surface area contributed by atoms with Gasteiger partial charge in [-0.05, 0) is 50.1 Å². The third-order valence-corrected chi connectivity index (χ3v) is 6.55. The summed E-state index contributed by atoms with van der Waals surface area (Å²) < 4.78 is 13.0. The zero-order valence-corrected chi connectivity index (χ0v) is 19.4. The Morgan fingerprint density at radius 3 is 2.76 bits per heavy atom. The Kier molecular flexibility index (Phi) is 5.97. The SMILES string of the molecule is COCCOc1ccc2ccc(-c3nnc4ccc([C@H](C)N5CC[C@H](N)C5)cn34)nc2c1C. The van der Waals surface area contributed by atoms with E-state index >= 15 is 0 Å². The van der Waals surface area contributed by atoms with Gasteiger partial charge in [0, 0.05) is 49.4 Å². The number of ether oxygens (including phenoxy) is 2. The fourth-order valence-corrected chi connectivity index (χ4v) is 4.53. The molecule has 1 aliphatic heterocycles. The topological polar surface area (TPSA) is 90.8 Å². The molecule has 3 aromatic heterocycles. The number of fused-ring (bicyclic) bond motifs is 2. The Labute approximate surface area is 193 Å². The highest BCUT2D eigenvalue weighted by molar-refractivity contribution is 5.85. The van der Waals surface area contributed by atoms with Crippen molar-refractivity contribution in [2.75, 3.05) is 33.4 Å². The molecule has 33 heavy (non-hydrogen) atoms. The second-order valence-corrected chi connectivity index (χ2v) is 8.73. The van der Waals surface area contributed by atoms with E-state index in [1.54, 1.807) is 7.11 Å². The van der Waals surface area contributed by atoms with Crippen LogP contribution in [-0.2, 0) is 4.74 Å². The van der Waals surface area contributed by atoms with Crippen LogP contribution < -0.4 is 10.5 Å². The largest absolute Gasteiger partial charge is 0.491 e. The van der Waals surface area contributed by atoms with Crippen molar-refractivity contribution in [2.24, 2.45) is 5.73 Å². The predicted molar refractivity (Wildman–Crippen MR) is 128 cm³/mol. The Morgan fingerprint density at radius 1 is 1.12 bits per heavy atom. The van der Waals surface area contributed by atoms with Gasteiger partial charge in [-0.25, -0.2) is 4.98 Å². The van der Waals surface area contributed by atoms with Crippen molar-refractivity contribution in [2.45, 2.75) is 32.4 Å². The van der Waals surface area contributed by atoms with E-state index in [4.69, 9.17) is 20.2 Å². The standard InChI is InChI=1S/C25H30N6O2/c1-16-22(33-13-12-32-3)8-5-18-4-7-21(27-24(16)18)25-29-28-23-9-6-19(14-31(23)25)17(2)30-11-10-20(26)15-30/h4-9,14,17,20H,10-13,15,26H2,1-3H3/t17-,20-/m0/s1. The monoisotopic (exact) mass is 446 g/mol. The number of aromatic nitrogens is 4. The lowest BCUT2D eigenvalue weighted by molar-refractivity contribution is 0.146. The van der Waals surface area contributed by atoms with Crippen LogP contribution in [-0.4, -0.2) is 63.9 Å².